The molecule has 1 spiro atoms. The normalized spacial score (nSPS) is 24.4. The second-order valence-electron chi connectivity index (χ2n) is 7.27. The number of rotatable bonds is 4. The van der Waals surface area contributed by atoms with Crippen LogP contribution in [0.15, 0.2) is 29.8 Å². The van der Waals surface area contributed by atoms with Crippen molar-refractivity contribution < 1.29 is 4.79 Å². The van der Waals surface area contributed by atoms with Crippen LogP contribution in [0.25, 0.3) is 0 Å². The molecule has 2 aliphatic heterocycles. The van der Waals surface area contributed by atoms with Gasteiger partial charge in [-0.25, -0.2) is 4.98 Å². The summed E-state index contributed by atoms with van der Waals surface area (Å²) in [7, 11) is 0. The zero-order valence-electron chi connectivity index (χ0n) is 14.6. The van der Waals surface area contributed by atoms with Crippen LogP contribution in [-0.2, 0) is 17.9 Å². The zero-order chi connectivity index (χ0) is 17.3. The van der Waals surface area contributed by atoms with Gasteiger partial charge in [-0.15, -0.1) is 11.3 Å². The first-order valence-corrected chi connectivity index (χ1v) is 9.85. The van der Waals surface area contributed by atoms with Crippen molar-refractivity contribution in [3.05, 3.63) is 46.2 Å². The monoisotopic (exact) mass is 356 g/mol. The number of thiazole rings is 1. The van der Waals surface area contributed by atoms with Crippen molar-refractivity contribution in [2.75, 3.05) is 19.6 Å². The van der Waals surface area contributed by atoms with Crippen LogP contribution in [0, 0.1) is 12.3 Å². The molecule has 4 heterocycles. The van der Waals surface area contributed by atoms with Gasteiger partial charge in [-0.3, -0.25) is 14.7 Å². The molecule has 0 N–H and O–H groups in total. The number of hydrogen-bond donors (Lipinski definition) is 0. The molecule has 6 heteroatoms. The molecular formula is C19H24N4OS. The van der Waals surface area contributed by atoms with Crippen molar-refractivity contribution in [3.8, 4) is 0 Å². The topological polar surface area (TPSA) is 49.3 Å². The Hall–Kier alpha value is -1.79. The minimum Gasteiger partial charge on any atom is -0.336 e. The van der Waals surface area contributed by atoms with Gasteiger partial charge in [0.15, 0.2) is 0 Å². The van der Waals surface area contributed by atoms with Crippen molar-refractivity contribution in [1.82, 2.24) is 19.8 Å². The van der Waals surface area contributed by atoms with Crippen LogP contribution in [0.3, 0.4) is 0 Å². The standard InChI is InChI=1S/C19H24N4OS/c1-15-4-2-5-16(21-15)12-23-10-7-19(18(23)24)6-3-9-22(14-19)13-17-20-8-11-25-17/h2,4-5,8,11H,3,6-7,9-10,12-14H2,1H3/t19-/m1/s1. The number of piperidine rings is 1. The summed E-state index contributed by atoms with van der Waals surface area (Å²) in [6.07, 6.45) is 4.93. The second-order valence-corrected chi connectivity index (χ2v) is 8.25. The molecular weight excluding hydrogens is 332 g/mol. The Bertz CT molecular complexity index is 748. The number of amides is 1. The molecule has 2 aromatic rings. The van der Waals surface area contributed by atoms with Crippen LogP contribution in [0.1, 0.15) is 35.7 Å². The molecule has 2 aromatic heterocycles. The van der Waals surface area contributed by atoms with Crippen molar-refractivity contribution in [3.63, 3.8) is 0 Å². The Kier molecular flexibility index (Phi) is 4.56. The highest BCUT2D eigenvalue weighted by Gasteiger charge is 2.48. The number of aryl methyl sites for hydroxylation is 1. The largest absolute Gasteiger partial charge is 0.336 e. The van der Waals surface area contributed by atoms with Crippen LogP contribution < -0.4 is 0 Å². The van der Waals surface area contributed by atoms with E-state index in [1.165, 1.54) is 0 Å². The van der Waals surface area contributed by atoms with E-state index in [2.05, 4.69) is 14.9 Å². The number of likely N-dealkylation sites (tertiary alicyclic amines) is 2. The van der Waals surface area contributed by atoms with Crippen LogP contribution >= 0.6 is 11.3 Å². The lowest BCUT2D eigenvalue weighted by Crippen LogP contribution is -2.47. The molecule has 1 atom stereocenters. The first-order chi connectivity index (χ1) is 12.1. The summed E-state index contributed by atoms with van der Waals surface area (Å²) in [6, 6.07) is 6.03. The van der Waals surface area contributed by atoms with Crippen LogP contribution in [0.4, 0.5) is 0 Å². The highest BCUT2D eigenvalue weighted by atomic mass is 32.1. The average molecular weight is 356 g/mol. The maximum atomic E-state index is 13.2. The molecule has 0 unspecified atom stereocenters. The third-order valence-corrected chi connectivity index (χ3v) is 6.16. The number of nitrogens with zero attached hydrogens (tertiary/aromatic N) is 4. The Morgan fingerprint density at radius 3 is 2.96 bits per heavy atom. The number of aromatic nitrogens is 2. The van der Waals surface area contributed by atoms with E-state index in [-0.39, 0.29) is 5.41 Å². The third-order valence-electron chi connectivity index (χ3n) is 5.40. The van der Waals surface area contributed by atoms with Gasteiger partial charge in [0.2, 0.25) is 5.91 Å². The quantitative estimate of drug-likeness (QED) is 0.845. The third kappa shape index (κ3) is 3.46. The highest BCUT2D eigenvalue weighted by Crippen LogP contribution is 2.41. The van der Waals surface area contributed by atoms with Gasteiger partial charge in [-0.05, 0) is 44.9 Å². The SMILES string of the molecule is Cc1cccc(CN2CC[C@@]3(CCCN(Cc4nccs4)C3)C2=O)n1. The van der Waals surface area contributed by atoms with Crippen LogP contribution in [0.5, 0.6) is 0 Å². The molecule has 132 valence electrons. The molecule has 1 amide bonds. The smallest absolute Gasteiger partial charge is 0.230 e. The number of carbonyl (C=O) groups is 1. The minimum atomic E-state index is -0.195. The average Bonchev–Trinajstić information content (AvgIpc) is 3.20. The van der Waals surface area contributed by atoms with Gasteiger partial charge in [0, 0.05) is 30.4 Å². The Balaban J connectivity index is 1.44. The molecule has 0 aliphatic carbocycles. The van der Waals surface area contributed by atoms with Gasteiger partial charge >= 0.3 is 0 Å². The summed E-state index contributed by atoms with van der Waals surface area (Å²) < 4.78 is 0. The summed E-state index contributed by atoms with van der Waals surface area (Å²) in [6.45, 7) is 6.27. The van der Waals surface area contributed by atoms with Gasteiger partial charge in [0.25, 0.3) is 0 Å². The Labute approximate surface area is 152 Å². The van der Waals surface area contributed by atoms with E-state index < -0.39 is 0 Å². The number of carbonyl (C=O) groups excluding carboxylic acids is 1. The second kappa shape index (κ2) is 6.84. The molecule has 2 aliphatic rings. The first-order valence-electron chi connectivity index (χ1n) is 8.97. The summed E-state index contributed by atoms with van der Waals surface area (Å²) >= 11 is 1.70. The molecule has 0 aromatic carbocycles. The molecule has 0 radical (unpaired) electrons. The molecule has 2 fully saturated rings. The predicted molar refractivity (Wildman–Crippen MR) is 98.1 cm³/mol. The zero-order valence-corrected chi connectivity index (χ0v) is 15.5. The predicted octanol–water partition coefficient (Wildman–Crippen LogP) is 2.86. The van der Waals surface area contributed by atoms with Crippen molar-refractivity contribution in [1.29, 1.82) is 0 Å². The van der Waals surface area contributed by atoms with E-state index in [0.717, 1.165) is 61.8 Å². The van der Waals surface area contributed by atoms with Gasteiger partial charge < -0.3 is 4.90 Å². The van der Waals surface area contributed by atoms with Gasteiger partial charge in [0.1, 0.15) is 5.01 Å². The highest BCUT2D eigenvalue weighted by molar-refractivity contribution is 7.09. The summed E-state index contributed by atoms with van der Waals surface area (Å²) in [5.74, 6) is 0.319. The fourth-order valence-electron chi connectivity index (χ4n) is 4.19. The summed E-state index contributed by atoms with van der Waals surface area (Å²) in [4.78, 5) is 26.6. The van der Waals surface area contributed by atoms with Crippen LogP contribution in [-0.4, -0.2) is 45.3 Å². The molecule has 4 rings (SSSR count). The Morgan fingerprint density at radius 2 is 2.16 bits per heavy atom. The molecule has 2 saturated heterocycles. The molecule has 0 bridgehead atoms. The maximum absolute atomic E-state index is 13.2. The minimum absolute atomic E-state index is 0.195. The fraction of sp³-hybridized carbons (Fsp3) is 0.526. The van der Waals surface area contributed by atoms with E-state index in [1.807, 2.05) is 41.6 Å². The lowest BCUT2D eigenvalue weighted by atomic mass is 9.78. The van der Waals surface area contributed by atoms with E-state index in [9.17, 15) is 4.79 Å². The molecule has 5 nitrogen and oxygen atoms in total. The summed E-state index contributed by atoms with van der Waals surface area (Å²) in [5, 5.41) is 3.16. The molecule has 25 heavy (non-hydrogen) atoms. The number of pyridine rings is 1. The first kappa shape index (κ1) is 16.7. The Morgan fingerprint density at radius 1 is 1.24 bits per heavy atom. The number of hydrogen-bond acceptors (Lipinski definition) is 5. The molecule has 0 saturated carbocycles. The lowest BCUT2D eigenvalue weighted by Gasteiger charge is -2.38. The van der Waals surface area contributed by atoms with Gasteiger partial charge in [0.05, 0.1) is 24.2 Å². The van der Waals surface area contributed by atoms with E-state index in [4.69, 9.17) is 0 Å². The van der Waals surface area contributed by atoms with Crippen LogP contribution in [0.2, 0.25) is 0 Å². The van der Waals surface area contributed by atoms with Crippen molar-refractivity contribution >= 4 is 17.2 Å². The lowest BCUT2D eigenvalue weighted by molar-refractivity contribution is -0.139. The van der Waals surface area contributed by atoms with Crippen molar-refractivity contribution in [2.24, 2.45) is 5.41 Å². The maximum Gasteiger partial charge on any atom is 0.230 e. The van der Waals surface area contributed by atoms with E-state index in [1.54, 1.807) is 11.3 Å². The van der Waals surface area contributed by atoms with E-state index in [0.29, 0.717) is 12.5 Å². The summed E-state index contributed by atoms with van der Waals surface area (Å²) in [5.41, 5.74) is 1.80. The van der Waals surface area contributed by atoms with Crippen molar-refractivity contribution in [2.45, 2.75) is 39.3 Å². The van der Waals surface area contributed by atoms with Gasteiger partial charge in [-0.2, -0.15) is 0 Å². The van der Waals surface area contributed by atoms with Gasteiger partial charge in [-0.1, -0.05) is 6.07 Å². The fourth-order valence-corrected chi connectivity index (χ4v) is 4.85. The van der Waals surface area contributed by atoms with E-state index >= 15 is 0 Å².